The SMILES string of the molecule is CCCCCC(/C=C(\C)CCO)OC. The minimum absolute atomic E-state index is 0.230. The van der Waals surface area contributed by atoms with Crippen LogP contribution in [0.1, 0.15) is 46.0 Å². The van der Waals surface area contributed by atoms with Crippen molar-refractivity contribution in [1.82, 2.24) is 0 Å². The lowest BCUT2D eigenvalue weighted by atomic mass is 10.1. The zero-order valence-corrected chi connectivity index (χ0v) is 9.75. The number of methoxy groups -OCH3 is 1. The van der Waals surface area contributed by atoms with Gasteiger partial charge in [0.25, 0.3) is 0 Å². The Hall–Kier alpha value is -0.340. The summed E-state index contributed by atoms with van der Waals surface area (Å²) in [6.45, 7) is 4.48. The molecule has 0 aromatic carbocycles. The number of unbranched alkanes of at least 4 members (excludes halogenated alkanes) is 2. The third kappa shape index (κ3) is 7.10. The van der Waals surface area contributed by atoms with Crippen molar-refractivity contribution >= 4 is 0 Å². The van der Waals surface area contributed by atoms with E-state index in [0.717, 1.165) is 12.8 Å². The van der Waals surface area contributed by atoms with E-state index in [1.807, 2.05) is 6.92 Å². The monoisotopic (exact) mass is 200 g/mol. The molecule has 14 heavy (non-hydrogen) atoms. The van der Waals surface area contributed by atoms with Crippen molar-refractivity contribution in [3.8, 4) is 0 Å². The minimum atomic E-state index is 0.230. The Bertz CT molecular complexity index is 152. The Kier molecular flexibility index (Phi) is 9.00. The summed E-state index contributed by atoms with van der Waals surface area (Å²) in [5, 5.41) is 8.75. The van der Waals surface area contributed by atoms with Crippen molar-refractivity contribution in [2.75, 3.05) is 13.7 Å². The first-order valence-corrected chi connectivity index (χ1v) is 5.55. The molecule has 2 nitrogen and oxygen atoms in total. The second kappa shape index (κ2) is 9.22. The molecule has 0 amide bonds. The second-order valence-electron chi connectivity index (χ2n) is 3.76. The molecule has 0 aliphatic heterocycles. The number of aliphatic hydroxyl groups excluding tert-OH is 1. The van der Waals surface area contributed by atoms with E-state index in [-0.39, 0.29) is 12.7 Å². The second-order valence-corrected chi connectivity index (χ2v) is 3.76. The quantitative estimate of drug-likeness (QED) is 0.482. The molecule has 0 aromatic rings. The molecule has 0 rings (SSSR count). The maximum Gasteiger partial charge on any atom is 0.0754 e. The van der Waals surface area contributed by atoms with Crippen LogP contribution >= 0.6 is 0 Å². The van der Waals surface area contributed by atoms with Crippen LogP contribution < -0.4 is 0 Å². The van der Waals surface area contributed by atoms with Gasteiger partial charge in [-0.05, 0) is 19.8 Å². The van der Waals surface area contributed by atoms with Gasteiger partial charge in [-0.25, -0.2) is 0 Å². The van der Waals surface area contributed by atoms with Gasteiger partial charge in [0.1, 0.15) is 0 Å². The zero-order valence-electron chi connectivity index (χ0n) is 9.75. The molecule has 2 heteroatoms. The Morgan fingerprint density at radius 2 is 2.14 bits per heavy atom. The molecule has 84 valence electrons. The predicted molar refractivity (Wildman–Crippen MR) is 60.4 cm³/mol. The molecule has 0 radical (unpaired) electrons. The largest absolute Gasteiger partial charge is 0.396 e. The van der Waals surface area contributed by atoms with Gasteiger partial charge in [0.15, 0.2) is 0 Å². The van der Waals surface area contributed by atoms with Crippen molar-refractivity contribution in [2.45, 2.75) is 52.1 Å². The van der Waals surface area contributed by atoms with E-state index in [4.69, 9.17) is 9.84 Å². The summed E-state index contributed by atoms with van der Waals surface area (Å²) >= 11 is 0. The standard InChI is InChI=1S/C12H24O2/c1-4-5-6-7-12(14-3)10-11(2)8-9-13/h10,12-13H,4-9H2,1-3H3/b11-10+. The van der Waals surface area contributed by atoms with E-state index in [0.29, 0.717) is 0 Å². The lowest BCUT2D eigenvalue weighted by molar-refractivity contribution is 0.130. The van der Waals surface area contributed by atoms with E-state index in [2.05, 4.69) is 13.0 Å². The molecule has 0 aliphatic rings. The molecule has 1 unspecified atom stereocenters. The van der Waals surface area contributed by atoms with Crippen LogP contribution in [-0.4, -0.2) is 24.9 Å². The molecular formula is C12H24O2. The van der Waals surface area contributed by atoms with Crippen LogP contribution in [0.5, 0.6) is 0 Å². The molecule has 0 aliphatic carbocycles. The normalized spacial score (nSPS) is 14.4. The molecule has 0 fully saturated rings. The number of aliphatic hydroxyl groups is 1. The van der Waals surface area contributed by atoms with Crippen LogP contribution in [0, 0.1) is 0 Å². The first kappa shape index (κ1) is 13.7. The Balaban J connectivity index is 3.81. The van der Waals surface area contributed by atoms with Gasteiger partial charge in [0, 0.05) is 13.7 Å². The van der Waals surface area contributed by atoms with Crippen molar-refractivity contribution < 1.29 is 9.84 Å². The summed E-state index contributed by atoms with van der Waals surface area (Å²) < 4.78 is 5.36. The summed E-state index contributed by atoms with van der Waals surface area (Å²) in [5.41, 5.74) is 1.22. The minimum Gasteiger partial charge on any atom is -0.396 e. The van der Waals surface area contributed by atoms with Gasteiger partial charge in [0.2, 0.25) is 0 Å². The van der Waals surface area contributed by atoms with Gasteiger partial charge < -0.3 is 9.84 Å². The zero-order chi connectivity index (χ0) is 10.8. The van der Waals surface area contributed by atoms with Crippen LogP contribution in [0.15, 0.2) is 11.6 Å². The van der Waals surface area contributed by atoms with Gasteiger partial charge in [-0.3, -0.25) is 0 Å². The molecular weight excluding hydrogens is 176 g/mol. The Morgan fingerprint density at radius 3 is 2.64 bits per heavy atom. The van der Waals surface area contributed by atoms with Crippen LogP contribution in [-0.2, 0) is 4.74 Å². The highest BCUT2D eigenvalue weighted by Gasteiger charge is 2.03. The predicted octanol–water partition coefficient (Wildman–Crippen LogP) is 2.91. The molecule has 0 saturated carbocycles. The van der Waals surface area contributed by atoms with Crippen molar-refractivity contribution in [3.63, 3.8) is 0 Å². The van der Waals surface area contributed by atoms with Gasteiger partial charge in [0.05, 0.1) is 6.10 Å². The van der Waals surface area contributed by atoms with Crippen LogP contribution in [0.2, 0.25) is 0 Å². The smallest absolute Gasteiger partial charge is 0.0754 e. The van der Waals surface area contributed by atoms with E-state index in [1.165, 1.54) is 24.8 Å². The van der Waals surface area contributed by atoms with Crippen LogP contribution in [0.4, 0.5) is 0 Å². The molecule has 0 saturated heterocycles. The number of hydrogen-bond acceptors (Lipinski definition) is 2. The van der Waals surface area contributed by atoms with Gasteiger partial charge in [-0.15, -0.1) is 0 Å². The molecule has 1 N–H and O–H groups in total. The number of rotatable bonds is 8. The first-order valence-electron chi connectivity index (χ1n) is 5.55. The van der Waals surface area contributed by atoms with Crippen molar-refractivity contribution in [3.05, 3.63) is 11.6 Å². The Labute approximate surface area is 88.0 Å². The van der Waals surface area contributed by atoms with E-state index in [9.17, 15) is 0 Å². The van der Waals surface area contributed by atoms with E-state index in [1.54, 1.807) is 7.11 Å². The summed E-state index contributed by atoms with van der Waals surface area (Å²) in [5.74, 6) is 0. The molecule has 0 spiro atoms. The first-order chi connectivity index (χ1) is 6.74. The average molecular weight is 200 g/mol. The van der Waals surface area contributed by atoms with E-state index >= 15 is 0 Å². The fourth-order valence-corrected chi connectivity index (χ4v) is 1.44. The lowest BCUT2D eigenvalue weighted by Crippen LogP contribution is -2.07. The van der Waals surface area contributed by atoms with Crippen LogP contribution in [0.25, 0.3) is 0 Å². The highest BCUT2D eigenvalue weighted by atomic mass is 16.5. The van der Waals surface area contributed by atoms with Crippen molar-refractivity contribution in [2.24, 2.45) is 0 Å². The molecule has 0 heterocycles. The molecule has 0 bridgehead atoms. The molecule has 0 aromatic heterocycles. The fourth-order valence-electron chi connectivity index (χ4n) is 1.44. The third-order valence-electron chi connectivity index (χ3n) is 2.37. The third-order valence-corrected chi connectivity index (χ3v) is 2.37. The van der Waals surface area contributed by atoms with Crippen molar-refractivity contribution in [1.29, 1.82) is 0 Å². The maximum absolute atomic E-state index is 8.75. The lowest BCUT2D eigenvalue weighted by Gasteiger charge is -2.11. The summed E-state index contributed by atoms with van der Waals surface area (Å²) in [7, 11) is 1.75. The van der Waals surface area contributed by atoms with Crippen LogP contribution in [0.3, 0.4) is 0 Å². The van der Waals surface area contributed by atoms with E-state index < -0.39 is 0 Å². The average Bonchev–Trinajstić information content (AvgIpc) is 2.17. The molecule has 1 atom stereocenters. The summed E-state index contributed by atoms with van der Waals surface area (Å²) in [6, 6.07) is 0. The summed E-state index contributed by atoms with van der Waals surface area (Å²) in [6.07, 6.45) is 7.95. The highest BCUT2D eigenvalue weighted by molar-refractivity contribution is 5.02. The number of hydrogen-bond donors (Lipinski definition) is 1. The highest BCUT2D eigenvalue weighted by Crippen LogP contribution is 2.10. The number of ether oxygens (including phenoxy) is 1. The summed E-state index contributed by atoms with van der Waals surface area (Å²) in [4.78, 5) is 0. The van der Waals surface area contributed by atoms with Gasteiger partial charge in [-0.2, -0.15) is 0 Å². The van der Waals surface area contributed by atoms with Gasteiger partial charge >= 0.3 is 0 Å². The fraction of sp³-hybridized carbons (Fsp3) is 0.833. The van der Waals surface area contributed by atoms with Gasteiger partial charge in [-0.1, -0.05) is 37.8 Å². The Morgan fingerprint density at radius 1 is 1.43 bits per heavy atom. The topological polar surface area (TPSA) is 29.5 Å². The maximum atomic E-state index is 8.75.